The smallest absolute Gasteiger partial charge is 0.101 e. The largest absolute Gasteiger partial charge is 0.342 e. The van der Waals surface area contributed by atoms with Crippen LogP contribution >= 0.6 is 0 Å². The third-order valence-electron chi connectivity index (χ3n) is 2.12. The first-order chi connectivity index (χ1) is 6.34. The second kappa shape index (κ2) is 3.60. The molecule has 1 aliphatic rings. The number of nitrogens with one attached hydrogen (secondary N) is 1. The molecule has 0 radical (unpaired) electrons. The number of hydrogen-bond acceptors (Lipinski definition) is 3. The maximum atomic E-state index is 4.40. The molecule has 0 unspecified atom stereocenters. The summed E-state index contributed by atoms with van der Waals surface area (Å²) in [5, 5.41) is 7.35. The maximum absolute atomic E-state index is 4.40. The number of hydrogen-bond donors (Lipinski definition) is 1. The highest BCUT2D eigenvalue weighted by Crippen LogP contribution is 2.10. The second-order valence-corrected chi connectivity index (χ2v) is 3.31. The molecule has 1 aromatic rings. The van der Waals surface area contributed by atoms with Crippen LogP contribution in [0.1, 0.15) is 19.3 Å². The highest BCUT2D eigenvalue weighted by atomic mass is 15.3. The maximum Gasteiger partial charge on any atom is 0.101 e. The fourth-order valence-corrected chi connectivity index (χ4v) is 1.45. The lowest BCUT2D eigenvalue weighted by Crippen LogP contribution is -2.15. The van der Waals surface area contributed by atoms with E-state index in [1.165, 1.54) is 12.8 Å². The second-order valence-electron chi connectivity index (χ2n) is 3.31. The van der Waals surface area contributed by atoms with Crippen molar-refractivity contribution in [3.8, 4) is 0 Å². The molecule has 2 heterocycles. The third-order valence-corrected chi connectivity index (χ3v) is 2.12. The zero-order valence-electron chi connectivity index (χ0n) is 7.82. The normalized spacial score (nSPS) is 16.8. The molecule has 4 nitrogen and oxygen atoms in total. The van der Waals surface area contributed by atoms with Crippen molar-refractivity contribution >= 4 is 11.5 Å². The van der Waals surface area contributed by atoms with E-state index in [0.717, 1.165) is 24.5 Å². The Kier molecular flexibility index (Phi) is 2.29. The van der Waals surface area contributed by atoms with Crippen molar-refractivity contribution in [3.63, 3.8) is 0 Å². The number of anilines is 1. The quantitative estimate of drug-likeness (QED) is 0.706. The molecule has 1 N–H and O–H groups in total. The van der Waals surface area contributed by atoms with Gasteiger partial charge in [-0.25, -0.2) is 0 Å². The molecule has 1 aliphatic heterocycles. The molecular weight excluding hydrogens is 164 g/mol. The van der Waals surface area contributed by atoms with E-state index < -0.39 is 0 Å². The molecule has 0 fully saturated rings. The van der Waals surface area contributed by atoms with Crippen molar-refractivity contribution in [2.45, 2.75) is 19.3 Å². The van der Waals surface area contributed by atoms with E-state index in [0.29, 0.717) is 0 Å². The zero-order valence-corrected chi connectivity index (χ0v) is 7.82. The Hall–Kier alpha value is -1.32. The Bertz CT molecular complexity index is 313. The van der Waals surface area contributed by atoms with Crippen molar-refractivity contribution in [3.05, 3.63) is 12.4 Å². The van der Waals surface area contributed by atoms with Gasteiger partial charge in [0.1, 0.15) is 5.84 Å². The lowest BCUT2D eigenvalue weighted by atomic mass is 10.2. The first kappa shape index (κ1) is 8.29. The summed E-state index contributed by atoms with van der Waals surface area (Å²) in [6.45, 7) is 0.961. The lowest BCUT2D eigenvalue weighted by molar-refractivity contribution is 0.737. The molecule has 13 heavy (non-hydrogen) atoms. The molecule has 70 valence electrons. The van der Waals surface area contributed by atoms with Crippen LogP contribution in [-0.4, -0.2) is 22.2 Å². The van der Waals surface area contributed by atoms with Crippen LogP contribution in [0.4, 0.5) is 5.69 Å². The van der Waals surface area contributed by atoms with Gasteiger partial charge in [0.25, 0.3) is 0 Å². The fourth-order valence-electron chi connectivity index (χ4n) is 1.45. The van der Waals surface area contributed by atoms with E-state index in [2.05, 4.69) is 15.4 Å². The minimum atomic E-state index is 0.961. The van der Waals surface area contributed by atoms with Gasteiger partial charge in [0, 0.05) is 26.2 Å². The summed E-state index contributed by atoms with van der Waals surface area (Å²) >= 11 is 0. The van der Waals surface area contributed by atoms with Crippen LogP contribution < -0.4 is 5.32 Å². The van der Waals surface area contributed by atoms with Crippen LogP contribution in [0.5, 0.6) is 0 Å². The number of aromatic nitrogens is 2. The summed E-state index contributed by atoms with van der Waals surface area (Å²) in [6, 6.07) is 0. The Labute approximate surface area is 77.7 Å². The lowest BCUT2D eigenvalue weighted by Gasteiger charge is -2.11. The molecule has 0 aromatic carbocycles. The summed E-state index contributed by atoms with van der Waals surface area (Å²) in [6.07, 6.45) is 7.30. The molecule has 0 bridgehead atoms. The van der Waals surface area contributed by atoms with Gasteiger partial charge >= 0.3 is 0 Å². The van der Waals surface area contributed by atoms with Gasteiger partial charge in [0.15, 0.2) is 0 Å². The average molecular weight is 178 g/mol. The number of nitrogens with zero attached hydrogens (tertiary/aromatic N) is 3. The topological polar surface area (TPSA) is 42.2 Å². The summed E-state index contributed by atoms with van der Waals surface area (Å²) < 4.78 is 1.78. The zero-order chi connectivity index (χ0) is 9.10. The summed E-state index contributed by atoms with van der Waals surface area (Å²) in [4.78, 5) is 4.40. The first-order valence-corrected chi connectivity index (χ1v) is 4.63. The van der Waals surface area contributed by atoms with Crippen LogP contribution in [0.25, 0.3) is 0 Å². The van der Waals surface area contributed by atoms with Gasteiger partial charge in [-0.1, -0.05) is 0 Å². The van der Waals surface area contributed by atoms with Gasteiger partial charge in [-0.05, 0) is 12.8 Å². The average Bonchev–Trinajstić information content (AvgIpc) is 2.53. The standard InChI is InChI=1S/C9H14N4/c1-13-7-8(6-11-13)12-9-4-2-3-5-10-9/h6-7H,2-5H2,1H3,(H,10,12). The Balaban J connectivity index is 2.01. The van der Waals surface area contributed by atoms with Crippen molar-refractivity contribution in [1.82, 2.24) is 9.78 Å². The molecule has 0 aliphatic carbocycles. The Morgan fingerprint density at radius 1 is 1.46 bits per heavy atom. The third kappa shape index (κ3) is 2.08. The van der Waals surface area contributed by atoms with Crippen LogP contribution in [0, 0.1) is 0 Å². The van der Waals surface area contributed by atoms with Crippen LogP contribution in [0.15, 0.2) is 17.4 Å². The van der Waals surface area contributed by atoms with E-state index in [4.69, 9.17) is 0 Å². The SMILES string of the molecule is Cn1cc(NC2=NCCCC2)cn1. The molecular formula is C9H14N4. The predicted molar refractivity (Wildman–Crippen MR) is 53.0 cm³/mol. The number of aryl methyl sites for hydroxylation is 1. The van der Waals surface area contributed by atoms with Crippen molar-refractivity contribution < 1.29 is 0 Å². The van der Waals surface area contributed by atoms with E-state index in [9.17, 15) is 0 Å². The summed E-state index contributed by atoms with van der Waals surface area (Å²) in [5.41, 5.74) is 1.03. The number of rotatable bonds is 1. The van der Waals surface area contributed by atoms with Crippen molar-refractivity contribution in [2.75, 3.05) is 11.9 Å². The molecule has 0 atom stereocenters. The molecule has 0 saturated carbocycles. The first-order valence-electron chi connectivity index (χ1n) is 4.63. The fraction of sp³-hybridized carbons (Fsp3) is 0.556. The van der Waals surface area contributed by atoms with Crippen molar-refractivity contribution in [1.29, 1.82) is 0 Å². The van der Waals surface area contributed by atoms with E-state index in [1.807, 2.05) is 19.4 Å². The minimum Gasteiger partial charge on any atom is -0.342 e. The van der Waals surface area contributed by atoms with Crippen LogP contribution in [0.2, 0.25) is 0 Å². The predicted octanol–water partition coefficient (Wildman–Crippen LogP) is 1.41. The Morgan fingerprint density at radius 3 is 3.00 bits per heavy atom. The van der Waals surface area contributed by atoms with Gasteiger partial charge in [-0.2, -0.15) is 5.10 Å². The highest BCUT2D eigenvalue weighted by Gasteiger charge is 2.05. The van der Waals surface area contributed by atoms with Crippen LogP contribution in [0.3, 0.4) is 0 Å². The summed E-state index contributed by atoms with van der Waals surface area (Å²) in [5.74, 6) is 1.10. The summed E-state index contributed by atoms with van der Waals surface area (Å²) in [7, 11) is 1.91. The number of amidine groups is 1. The van der Waals surface area contributed by atoms with Gasteiger partial charge in [0.05, 0.1) is 11.9 Å². The molecule has 1 aromatic heterocycles. The van der Waals surface area contributed by atoms with Gasteiger partial charge in [0.2, 0.25) is 0 Å². The van der Waals surface area contributed by atoms with Gasteiger partial charge in [-0.3, -0.25) is 9.67 Å². The van der Waals surface area contributed by atoms with E-state index >= 15 is 0 Å². The number of aliphatic imine (C=N–C) groups is 1. The molecule has 0 amide bonds. The minimum absolute atomic E-state index is 0.961. The molecule has 4 heteroatoms. The van der Waals surface area contributed by atoms with E-state index in [-0.39, 0.29) is 0 Å². The molecule has 0 saturated heterocycles. The monoisotopic (exact) mass is 178 g/mol. The molecule has 0 spiro atoms. The molecule has 2 rings (SSSR count). The van der Waals surface area contributed by atoms with Crippen molar-refractivity contribution in [2.24, 2.45) is 12.0 Å². The highest BCUT2D eigenvalue weighted by molar-refractivity contribution is 5.95. The Morgan fingerprint density at radius 2 is 2.38 bits per heavy atom. The van der Waals surface area contributed by atoms with E-state index in [1.54, 1.807) is 4.68 Å². The van der Waals surface area contributed by atoms with Gasteiger partial charge < -0.3 is 5.32 Å². The van der Waals surface area contributed by atoms with Crippen LogP contribution in [-0.2, 0) is 7.05 Å². The van der Waals surface area contributed by atoms with Gasteiger partial charge in [-0.15, -0.1) is 0 Å².